The molecule has 25 heteroatoms. The van der Waals surface area contributed by atoms with Gasteiger partial charge in [-0.2, -0.15) is 0 Å². The van der Waals surface area contributed by atoms with E-state index in [-0.39, 0.29) is 89.2 Å². The van der Waals surface area contributed by atoms with Crippen LogP contribution in [0, 0.1) is 115 Å². The van der Waals surface area contributed by atoms with Crippen LogP contribution in [0.4, 0.5) is 45.5 Å². The summed E-state index contributed by atoms with van der Waals surface area (Å²) in [5.41, 5.74) is 12.6. The third kappa shape index (κ3) is 11.7. The Bertz CT molecular complexity index is 1910. The number of nitrogens with zero attached hydrogens (tertiary/aromatic N) is 10. The molecule has 4 heterocycles. The van der Waals surface area contributed by atoms with E-state index in [1.165, 1.54) is 34.6 Å². The van der Waals surface area contributed by atoms with Crippen molar-refractivity contribution in [1.29, 1.82) is 0 Å². The maximum absolute atomic E-state index is 10.6. The number of hydrogen-bond donors (Lipinski definition) is 2. The first-order valence-electron chi connectivity index (χ1n) is 13.7. The van der Waals surface area contributed by atoms with Gasteiger partial charge in [-0.05, 0) is 58.9 Å². The number of nitro groups is 6. The van der Waals surface area contributed by atoms with Crippen molar-refractivity contribution < 1.29 is 62.2 Å². The van der Waals surface area contributed by atoms with Gasteiger partial charge in [-0.3, -0.25) is 65.7 Å². The monoisotopic (exact) mass is 802 g/mol. The maximum atomic E-state index is 10.6. The quantitative estimate of drug-likeness (QED) is 0.149. The van der Waals surface area contributed by atoms with E-state index in [9.17, 15) is 60.7 Å². The molecule has 4 N–H and O–H groups in total. The van der Waals surface area contributed by atoms with Gasteiger partial charge in [-0.1, -0.05) is 6.92 Å². The number of nitrogen functional groups attached to an aromatic ring is 2. The molecule has 52 heavy (non-hydrogen) atoms. The van der Waals surface area contributed by atoms with E-state index in [4.69, 9.17) is 11.5 Å². The molecule has 0 fully saturated rings. The molecule has 0 bridgehead atoms. The number of hydrogen-bond acceptors (Lipinski definition) is 18. The van der Waals surface area contributed by atoms with Crippen LogP contribution in [0.5, 0.6) is 0 Å². The molecule has 0 atom stereocenters. The van der Waals surface area contributed by atoms with Crippen molar-refractivity contribution in [3.05, 3.63) is 131 Å². The second-order valence-electron chi connectivity index (χ2n) is 10.0. The zero-order chi connectivity index (χ0) is 39.5. The van der Waals surface area contributed by atoms with Gasteiger partial charge in [-0.15, -0.1) is 0 Å². The van der Waals surface area contributed by atoms with Crippen molar-refractivity contribution in [2.45, 2.75) is 48.5 Å². The summed E-state index contributed by atoms with van der Waals surface area (Å²) in [4.78, 5) is 73.0. The summed E-state index contributed by atoms with van der Waals surface area (Å²) in [5, 5.41) is 62.7. The molecule has 24 nitrogen and oxygen atoms in total. The van der Waals surface area contributed by atoms with Crippen LogP contribution in [0.15, 0.2) is 24.8 Å². The molecular weight excluding hydrogens is 773 g/mol. The Kier molecular flexibility index (Phi) is 17.4. The van der Waals surface area contributed by atoms with Crippen molar-refractivity contribution in [2.75, 3.05) is 11.5 Å². The minimum Gasteiger partial charge on any atom is -0.397 e. The summed E-state index contributed by atoms with van der Waals surface area (Å²) < 4.78 is 0. The van der Waals surface area contributed by atoms with Crippen LogP contribution in [0.1, 0.15) is 39.3 Å². The summed E-state index contributed by atoms with van der Waals surface area (Å²) >= 11 is 0. The van der Waals surface area contributed by atoms with Gasteiger partial charge in [0.2, 0.25) is 0 Å². The van der Waals surface area contributed by atoms with E-state index in [0.717, 1.165) is 29.8 Å². The SMILES string of the molecule is Cc1c([N+](=O)[O-])[c-]ncc1[N+](=O)[O-].Cc1ncc(N)c(C)c1N.Cc1ncc([N+](=O)[O-])c(C)c1[N+](=O)[O-].Cc1ncc([N+](=O)[O-])c(C)c1[N+](=O)[O-].[Y]. The molecule has 4 aromatic rings. The average molecular weight is 803 g/mol. The van der Waals surface area contributed by atoms with Crippen molar-refractivity contribution in [2.24, 2.45) is 0 Å². The van der Waals surface area contributed by atoms with Crippen LogP contribution in [0.25, 0.3) is 0 Å². The third-order valence-electron chi connectivity index (χ3n) is 6.78. The number of pyridine rings is 4. The van der Waals surface area contributed by atoms with Gasteiger partial charge in [0.25, 0.3) is 22.7 Å². The van der Waals surface area contributed by atoms with Crippen molar-refractivity contribution in [3.8, 4) is 0 Å². The standard InChI is InChI=1S/2C7H7N3O4.C7H11N3.C6H4N3O4.Y/c2*1-4-6(9(11)12)3-8-5(2)7(4)10(13)14;1-4-6(8)3-10-5(2)7(4)9;1-4-5(8(10)11)2-7-3-6(4)9(12)13;/h2*3H,1-2H3;3H,8-9H2,1-2H3;2H,1H3;/q;;;-1;. The molecule has 0 aliphatic rings. The van der Waals surface area contributed by atoms with E-state index in [2.05, 4.69) is 26.1 Å². The van der Waals surface area contributed by atoms with E-state index < -0.39 is 35.2 Å². The van der Waals surface area contributed by atoms with Gasteiger partial charge in [0.15, 0.2) is 11.4 Å². The minimum atomic E-state index is -0.755. The molecule has 1 radical (unpaired) electrons. The zero-order valence-corrected chi connectivity index (χ0v) is 31.3. The molecule has 0 saturated carbocycles. The molecule has 4 aromatic heterocycles. The summed E-state index contributed by atoms with van der Waals surface area (Å²) in [6.45, 7) is 10.6. The van der Waals surface area contributed by atoms with Gasteiger partial charge in [0.1, 0.15) is 34.9 Å². The van der Waals surface area contributed by atoms with E-state index in [0.29, 0.717) is 11.4 Å². The number of nitrogens with two attached hydrogens (primary N) is 2. The van der Waals surface area contributed by atoms with Crippen molar-refractivity contribution in [1.82, 2.24) is 19.9 Å². The third-order valence-corrected chi connectivity index (χ3v) is 6.78. The first-order chi connectivity index (χ1) is 23.6. The summed E-state index contributed by atoms with van der Waals surface area (Å²) in [6.07, 6.45) is 6.69. The number of rotatable bonds is 6. The summed E-state index contributed by atoms with van der Waals surface area (Å²) in [6, 6.07) is 0. The molecule has 273 valence electrons. The van der Waals surface area contributed by atoms with Crippen LogP contribution in [-0.4, -0.2) is 49.5 Å². The fourth-order valence-electron chi connectivity index (χ4n) is 3.90. The zero-order valence-electron chi connectivity index (χ0n) is 28.4. The largest absolute Gasteiger partial charge is 0.397 e. The Morgan fingerprint density at radius 2 is 0.865 bits per heavy atom. The van der Waals surface area contributed by atoms with Crippen molar-refractivity contribution in [3.63, 3.8) is 0 Å². The molecule has 0 aromatic carbocycles. The Morgan fingerprint density at radius 1 is 0.500 bits per heavy atom. The van der Waals surface area contributed by atoms with Gasteiger partial charge in [0.05, 0.1) is 43.0 Å². The van der Waals surface area contributed by atoms with E-state index in [1.807, 2.05) is 13.8 Å². The smallest absolute Gasteiger partial charge is 0.300 e. The van der Waals surface area contributed by atoms with Gasteiger partial charge < -0.3 is 16.5 Å². The Hall–Kier alpha value is -6.30. The Morgan fingerprint density at radius 3 is 1.19 bits per heavy atom. The molecule has 0 spiro atoms. The van der Waals surface area contributed by atoms with Crippen LogP contribution in [-0.2, 0) is 32.7 Å². The minimum absolute atomic E-state index is 0. The Balaban J connectivity index is 0.000000667. The van der Waals surface area contributed by atoms with Crippen LogP contribution < -0.4 is 11.5 Å². The first-order valence-corrected chi connectivity index (χ1v) is 13.7. The van der Waals surface area contributed by atoms with E-state index >= 15 is 0 Å². The van der Waals surface area contributed by atoms with E-state index in [1.54, 1.807) is 6.20 Å². The molecule has 0 aliphatic carbocycles. The molecular formula is C27H29N12O12Y-. The average Bonchev–Trinajstić information content (AvgIpc) is 3.02. The molecule has 0 unspecified atom stereocenters. The predicted octanol–water partition coefficient (Wildman–Crippen LogP) is 4.90. The van der Waals surface area contributed by atoms with Crippen LogP contribution in [0.3, 0.4) is 0 Å². The number of aryl methyl sites for hydroxylation is 3. The summed E-state index contributed by atoms with van der Waals surface area (Å²) in [7, 11) is 0. The second-order valence-corrected chi connectivity index (χ2v) is 10.0. The molecule has 0 aliphatic heterocycles. The fourth-order valence-corrected chi connectivity index (χ4v) is 3.90. The Labute approximate surface area is 317 Å². The van der Waals surface area contributed by atoms with Gasteiger partial charge >= 0.3 is 0 Å². The van der Waals surface area contributed by atoms with Gasteiger partial charge in [0, 0.05) is 48.8 Å². The molecule has 0 amide bonds. The van der Waals surface area contributed by atoms with Crippen molar-refractivity contribution >= 4 is 45.5 Å². The van der Waals surface area contributed by atoms with Gasteiger partial charge in [-0.25, -0.2) is 9.97 Å². The molecule has 0 saturated heterocycles. The topological polar surface area (TPSA) is 362 Å². The molecule has 4 rings (SSSR count). The van der Waals surface area contributed by atoms with Crippen LogP contribution >= 0.6 is 0 Å². The number of anilines is 2. The second kappa shape index (κ2) is 19.8. The van der Waals surface area contributed by atoms with Crippen LogP contribution in [0.2, 0.25) is 0 Å². The first kappa shape index (κ1) is 45.7. The fraction of sp³-hybridized carbons (Fsp3) is 0.259. The summed E-state index contributed by atoms with van der Waals surface area (Å²) in [5.74, 6) is 0. The maximum Gasteiger partial charge on any atom is 0.300 e. The normalized spacial score (nSPS) is 9.60. The predicted molar refractivity (Wildman–Crippen MR) is 178 cm³/mol. The number of aromatic nitrogens is 4.